The summed E-state index contributed by atoms with van der Waals surface area (Å²) < 4.78 is 2.22. The molecular formula is C26H30ClN5O2. The maximum atomic E-state index is 11.8. The predicted molar refractivity (Wildman–Crippen MR) is 133 cm³/mol. The van der Waals surface area contributed by atoms with Gasteiger partial charge in [-0.2, -0.15) is 0 Å². The number of fused-ring (bicyclic) bond motifs is 1. The molecule has 0 spiro atoms. The molecular weight excluding hydrogens is 450 g/mol. The molecule has 0 bridgehead atoms. The van der Waals surface area contributed by atoms with Gasteiger partial charge in [0.05, 0.1) is 16.6 Å². The van der Waals surface area contributed by atoms with Crippen LogP contribution >= 0.6 is 11.6 Å². The molecule has 0 radical (unpaired) electrons. The number of imidazole rings is 1. The number of nitrogens with zero attached hydrogens (tertiary/aromatic N) is 3. The molecule has 2 amide bonds. The van der Waals surface area contributed by atoms with Crippen LogP contribution in [0, 0.1) is 12.8 Å². The van der Waals surface area contributed by atoms with Crippen molar-refractivity contribution in [1.82, 2.24) is 14.5 Å². The number of rotatable bonds is 5. The Kier molecular flexibility index (Phi) is 5.86. The Morgan fingerprint density at radius 3 is 2.29 bits per heavy atom. The molecule has 7 nitrogen and oxygen atoms in total. The highest BCUT2D eigenvalue weighted by atomic mass is 35.5. The zero-order valence-corrected chi connectivity index (χ0v) is 20.1. The quantitative estimate of drug-likeness (QED) is 0.575. The number of likely N-dealkylation sites (tertiary alicyclic amines) is 1. The smallest absolute Gasteiger partial charge is 0.248 e. The third-order valence-electron chi connectivity index (χ3n) is 7.69. The van der Waals surface area contributed by atoms with Crippen LogP contribution in [0.15, 0.2) is 36.4 Å². The van der Waals surface area contributed by atoms with Crippen LogP contribution in [0.3, 0.4) is 0 Å². The molecule has 1 saturated heterocycles. The first-order valence-electron chi connectivity index (χ1n) is 11.9. The van der Waals surface area contributed by atoms with Crippen LogP contribution in [0.2, 0.25) is 5.02 Å². The fraction of sp³-hybridized carbons (Fsp3) is 0.423. The Hall–Kier alpha value is -2.90. The molecule has 8 heteroatoms. The van der Waals surface area contributed by atoms with Gasteiger partial charge in [-0.25, -0.2) is 4.98 Å². The van der Waals surface area contributed by atoms with E-state index in [1.165, 1.54) is 0 Å². The molecule has 178 valence electrons. The molecule has 1 aromatic heterocycles. The highest BCUT2D eigenvalue weighted by molar-refractivity contribution is 6.32. The van der Waals surface area contributed by atoms with Crippen LogP contribution in [0.5, 0.6) is 0 Å². The maximum absolute atomic E-state index is 11.8. The number of halogens is 1. The summed E-state index contributed by atoms with van der Waals surface area (Å²) >= 11 is 6.48. The van der Waals surface area contributed by atoms with Crippen molar-refractivity contribution in [2.75, 3.05) is 13.1 Å². The van der Waals surface area contributed by atoms with Gasteiger partial charge >= 0.3 is 0 Å². The number of aryl methyl sites for hydroxylation is 1. The molecule has 2 fully saturated rings. The van der Waals surface area contributed by atoms with E-state index in [0.29, 0.717) is 10.6 Å². The van der Waals surface area contributed by atoms with E-state index in [4.69, 9.17) is 28.1 Å². The number of aromatic nitrogens is 2. The van der Waals surface area contributed by atoms with Crippen LogP contribution in [-0.2, 0) is 10.3 Å². The number of piperidine rings is 1. The third-order valence-corrected chi connectivity index (χ3v) is 8.10. The van der Waals surface area contributed by atoms with Gasteiger partial charge in [0.15, 0.2) is 0 Å². The Balaban J connectivity index is 1.68. The molecule has 2 aliphatic rings. The molecule has 3 aromatic rings. The standard InChI is InChI=1S/C26H30ClN5O2/c1-16-14-22-21(15-20(16)27)30-25(32(22)19-6-4-17(5-7-19)23(28)33)26(10-2-3-11-26)31-12-8-18(9-13-31)24(29)34/h4-7,14-15,18H,2-3,8-13H2,1H3,(H2,28,33)(H2,29,34). The Morgan fingerprint density at radius 2 is 1.71 bits per heavy atom. The monoisotopic (exact) mass is 479 g/mol. The van der Waals surface area contributed by atoms with Gasteiger partial charge in [0, 0.05) is 22.2 Å². The first-order chi connectivity index (χ1) is 16.3. The third kappa shape index (κ3) is 3.77. The van der Waals surface area contributed by atoms with Gasteiger partial charge in [-0.05, 0) is 87.7 Å². The predicted octanol–water partition coefficient (Wildman–Crippen LogP) is 4.05. The number of primary amides is 2. The highest BCUT2D eigenvalue weighted by Gasteiger charge is 2.46. The summed E-state index contributed by atoms with van der Waals surface area (Å²) in [6.45, 7) is 3.63. The van der Waals surface area contributed by atoms with E-state index in [9.17, 15) is 9.59 Å². The van der Waals surface area contributed by atoms with Crippen molar-refractivity contribution in [1.29, 1.82) is 0 Å². The summed E-state index contributed by atoms with van der Waals surface area (Å²) in [5.41, 5.74) is 15.1. The van der Waals surface area contributed by atoms with Crippen molar-refractivity contribution in [2.45, 2.75) is 51.0 Å². The number of benzene rings is 2. The lowest BCUT2D eigenvalue weighted by Gasteiger charge is -2.44. The molecule has 1 aliphatic heterocycles. The zero-order chi connectivity index (χ0) is 24.0. The van der Waals surface area contributed by atoms with Gasteiger partial charge in [0.25, 0.3) is 0 Å². The Morgan fingerprint density at radius 1 is 1.06 bits per heavy atom. The topological polar surface area (TPSA) is 107 Å². The van der Waals surface area contributed by atoms with Gasteiger partial charge in [0.2, 0.25) is 11.8 Å². The summed E-state index contributed by atoms with van der Waals surface area (Å²) in [5, 5.41) is 0.690. The zero-order valence-electron chi connectivity index (χ0n) is 19.4. The Labute approximate surface area is 204 Å². The Bertz CT molecular complexity index is 1250. The summed E-state index contributed by atoms with van der Waals surface area (Å²) in [4.78, 5) is 31.1. The number of carbonyl (C=O) groups is 2. The lowest BCUT2D eigenvalue weighted by atomic mass is 9.87. The second-order valence-corrected chi connectivity index (χ2v) is 10.1. The molecule has 0 unspecified atom stereocenters. The van der Waals surface area contributed by atoms with E-state index in [-0.39, 0.29) is 17.4 Å². The van der Waals surface area contributed by atoms with Crippen LogP contribution < -0.4 is 11.5 Å². The normalized spacial score (nSPS) is 19.0. The largest absolute Gasteiger partial charge is 0.369 e. The number of nitrogens with two attached hydrogens (primary N) is 2. The van der Waals surface area contributed by atoms with Gasteiger partial charge in [-0.15, -0.1) is 0 Å². The number of carbonyl (C=O) groups excluding carboxylic acids is 2. The van der Waals surface area contributed by atoms with Crippen molar-refractivity contribution >= 4 is 34.4 Å². The number of hydrogen-bond acceptors (Lipinski definition) is 4. The minimum atomic E-state index is -0.450. The van der Waals surface area contributed by atoms with Crippen molar-refractivity contribution < 1.29 is 9.59 Å². The minimum Gasteiger partial charge on any atom is -0.369 e. The average Bonchev–Trinajstić information content (AvgIpc) is 3.45. The van der Waals surface area contributed by atoms with Crippen molar-refractivity contribution in [3.63, 3.8) is 0 Å². The molecule has 0 atom stereocenters. The highest BCUT2D eigenvalue weighted by Crippen LogP contribution is 2.47. The van der Waals surface area contributed by atoms with Gasteiger partial charge < -0.3 is 11.5 Å². The fourth-order valence-corrected chi connectivity index (χ4v) is 5.94. The minimum absolute atomic E-state index is 0.0590. The second-order valence-electron chi connectivity index (χ2n) is 9.67. The van der Waals surface area contributed by atoms with E-state index >= 15 is 0 Å². The average molecular weight is 480 g/mol. The van der Waals surface area contributed by atoms with Crippen molar-refractivity contribution in [2.24, 2.45) is 17.4 Å². The number of hydrogen-bond donors (Lipinski definition) is 2. The molecule has 2 heterocycles. The van der Waals surface area contributed by atoms with Crippen LogP contribution in [0.25, 0.3) is 16.7 Å². The lowest BCUT2D eigenvalue weighted by Crippen LogP contribution is -2.50. The summed E-state index contributed by atoms with van der Waals surface area (Å²) in [7, 11) is 0. The molecule has 2 aromatic carbocycles. The van der Waals surface area contributed by atoms with Crippen LogP contribution in [0.1, 0.15) is 60.3 Å². The molecule has 1 aliphatic carbocycles. The van der Waals surface area contributed by atoms with Crippen LogP contribution in [-0.4, -0.2) is 39.4 Å². The summed E-state index contributed by atoms with van der Waals surface area (Å²) in [5.74, 6) is 0.281. The summed E-state index contributed by atoms with van der Waals surface area (Å²) in [6, 6.07) is 11.4. The first kappa shape index (κ1) is 22.9. The lowest BCUT2D eigenvalue weighted by molar-refractivity contribution is -0.123. The molecule has 1 saturated carbocycles. The molecule has 4 N–H and O–H groups in total. The maximum Gasteiger partial charge on any atom is 0.248 e. The second kappa shape index (κ2) is 8.71. The van der Waals surface area contributed by atoms with Gasteiger partial charge in [-0.1, -0.05) is 24.4 Å². The SMILES string of the molecule is Cc1cc2c(cc1Cl)nc(C1(N3CCC(C(N)=O)CC3)CCCC1)n2-c1ccc(C(N)=O)cc1. The van der Waals surface area contributed by atoms with Gasteiger partial charge in [0.1, 0.15) is 5.82 Å². The van der Waals surface area contributed by atoms with E-state index < -0.39 is 5.91 Å². The first-order valence-corrected chi connectivity index (χ1v) is 12.3. The van der Waals surface area contributed by atoms with E-state index in [2.05, 4.69) is 15.5 Å². The number of amides is 2. The summed E-state index contributed by atoms with van der Waals surface area (Å²) in [6.07, 6.45) is 5.80. The molecule has 5 rings (SSSR count). The van der Waals surface area contributed by atoms with E-state index in [1.807, 2.05) is 25.1 Å². The van der Waals surface area contributed by atoms with Crippen LogP contribution in [0.4, 0.5) is 0 Å². The van der Waals surface area contributed by atoms with Crippen molar-refractivity contribution in [3.05, 3.63) is 58.4 Å². The van der Waals surface area contributed by atoms with E-state index in [0.717, 1.165) is 79.7 Å². The van der Waals surface area contributed by atoms with Crippen molar-refractivity contribution in [3.8, 4) is 5.69 Å². The van der Waals surface area contributed by atoms with E-state index in [1.54, 1.807) is 12.1 Å². The van der Waals surface area contributed by atoms with Gasteiger partial charge in [-0.3, -0.25) is 19.1 Å². The molecule has 34 heavy (non-hydrogen) atoms. The fourth-order valence-electron chi connectivity index (χ4n) is 5.78.